The minimum Gasteiger partial charge on any atom is -0.497 e. The van der Waals surface area contributed by atoms with E-state index in [1.54, 1.807) is 7.11 Å². The first-order chi connectivity index (χ1) is 8.71. The van der Waals surface area contributed by atoms with Crippen molar-refractivity contribution in [3.8, 4) is 5.75 Å². The number of halogens is 1. The van der Waals surface area contributed by atoms with Crippen LogP contribution in [0.5, 0.6) is 5.75 Å². The zero-order valence-electron chi connectivity index (χ0n) is 11.6. The first kappa shape index (κ1) is 15.5. The minimum atomic E-state index is 0.652. The second-order valence-corrected chi connectivity index (χ2v) is 5.37. The molecule has 1 N–H and O–H groups in total. The van der Waals surface area contributed by atoms with E-state index in [1.165, 1.54) is 29.3 Å². The highest BCUT2D eigenvalue weighted by atomic mass is 79.9. The zero-order valence-corrected chi connectivity index (χ0v) is 13.2. The van der Waals surface area contributed by atoms with Gasteiger partial charge >= 0.3 is 0 Å². The fraction of sp³-hybridized carbons (Fsp3) is 0.600. The van der Waals surface area contributed by atoms with Crippen molar-refractivity contribution in [2.75, 3.05) is 13.7 Å². The molecule has 0 spiro atoms. The number of ether oxygens (including phenoxy) is 1. The summed E-state index contributed by atoms with van der Waals surface area (Å²) in [5.74, 6) is 0.937. The average Bonchev–Trinajstić information content (AvgIpc) is 2.39. The fourth-order valence-corrected chi connectivity index (χ4v) is 2.59. The van der Waals surface area contributed by atoms with Crippen molar-refractivity contribution in [1.82, 2.24) is 5.32 Å². The minimum absolute atomic E-state index is 0.652. The van der Waals surface area contributed by atoms with E-state index in [0.29, 0.717) is 6.04 Å². The normalized spacial score (nSPS) is 12.4. The van der Waals surface area contributed by atoms with Gasteiger partial charge in [-0.15, -0.1) is 0 Å². The standard InChI is InChI=1S/C15H24BrNO/c1-4-13(17-5-2)8-6-7-12-11-14(18-3)9-10-15(12)16/h9-11,13,17H,4-8H2,1-3H3. The molecular weight excluding hydrogens is 290 g/mol. The van der Waals surface area contributed by atoms with Crippen LogP contribution < -0.4 is 10.1 Å². The molecular formula is C15H24BrNO. The topological polar surface area (TPSA) is 21.3 Å². The number of hydrogen-bond acceptors (Lipinski definition) is 2. The van der Waals surface area contributed by atoms with Crippen LogP contribution in [0.15, 0.2) is 22.7 Å². The summed E-state index contributed by atoms with van der Waals surface area (Å²) in [5.41, 5.74) is 1.33. The summed E-state index contributed by atoms with van der Waals surface area (Å²) >= 11 is 3.60. The van der Waals surface area contributed by atoms with Crippen LogP contribution >= 0.6 is 15.9 Å². The number of hydrogen-bond donors (Lipinski definition) is 1. The van der Waals surface area contributed by atoms with E-state index < -0.39 is 0 Å². The maximum absolute atomic E-state index is 5.26. The smallest absolute Gasteiger partial charge is 0.119 e. The van der Waals surface area contributed by atoms with Gasteiger partial charge in [-0.05, 0) is 56.0 Å². The van der Waals surface area contributed by atoms with E-state index in [1.807, 2.05) is 6.07 Å². The zero-order chi connectivity index (χ0) is 13.4. The Morgan fingerprint density at radius 1 is 1.33 bits per heavy atom. The lowest BCUT2D eigenvalue weighted by Crippen LogP contribution is -2.28. The van der Waals surface area contributed by atoms with Gasteiger partial charge in [-0.25, -0.2) is 0 Å². The Morgan fingerprint density at radius 3 is 2.72 bits per heavy atom. The van der Waals surface area contributed by atoms with Gasteiger partial charge in [0, 0.05) is 10.5 Å². The van der Waals surface area contributed by atoms with E-state index >= 15 is 0 Å². The van der Waals surface area contributed by atoms with E-state index in [0.717, 1.165) is 18.7 Å². The molecule has 1 atom stereocenters. The van der Waals surface area contributed by atoms with Crippen molar-refractivity contribution in [3.05, 3.63) is 28.2 Å². The van der Waals surface area contributed by atoms with Crippen LogP contribution in [-0.4, -0.2) is 19.7 Å². The highest BCUT2D eigenvalue weighted by Gasteiger charge is 2.06. The summed E-state index contributed by atoms with van der Waals surface area (Å²) in [6.45, 7) is 5.47. The van der Waals surface area contributed by atoms with Gasteiger partial charge in [-0.2, -0.15) is 0 Å². The van der Waals surface area contributed by atoms with Crippen LogP contribution in [0.25, 0.3) is 0 Å². The van der Waals surface area contributed by atoms with Gasteiger partial charge in [0.05, 0.1) is 7.11 Å². The second-order valence-electron chi connectivity index (χ2n) is 4.51. The number of benzene rings is 1. The summed E-state index contributed by atoms with van der Waals surface area (Å²) in [7, 11) is 1.71. The monoisotopic (exact) mass is 313 g/mol. The van der Waals surface area contributed by atoms with Crippen molar-refractivity contribution in [3.63, 3.8) is 0 Å². The molecule has 1 aromatic rings. The molecule has 1 rings (SSSR count). The molecule has 0 saturated carbocycles. The van der Waals surface area contributed by atoms with Crippen molar-refractivity contribution >= 4 is 15.9 Å². The molecule has 0 saturated heterocycles. The lowest BCUT2D eigenvalue weighted by atomic mass is 10.0. The van der Waals surface area contributed by atoms with E-state index in [4.69, 9.17) is 4.74 Å². The Balaban J connectivity index is 2.47. The average molecular weight is 314 g/mol. The summed E-state index contributed by atoms with van der Waals surface area (Å²) in [6.07, 6.45) is 4.73. The molecule has 1 aromatic carbocycles. The lowest BCUT2D eigenvalue weighted by molar-refractivity contribution is 0.414. The third kappa shape index (κ3) is 4.99. The molecule has 0 fully saturated rings. The maximum Gasteiger partial charge on any atom is 0.119 e. The Hall–Kier alpha value is -0.540. The van der Waals surface area contributed by atoms with Gasteiger partial charge in [0.25, 0.3) is 0 Å². The molecule has 1 unspecified atom stereocenters. The van der Waals surface area contributed by atoms with Crippen molar-refractivity contribution in [2.45, 2.75) is 45.6 Å². The Labute approximate surface area is 119 Å². The molecule has 0 aromatic heterocycles. The summed E-state index contributed by atoms with van der Waals surface area (Å²) < 4.78 is 6.44. The Bertz CT molecular complexity index is 354. The molecule has 102 valence electrons. The SMILES string of the molecule is CCNC(CC)CCCc1cc(OC)ccc1Br. The fourth-order valence-electron chi connectivity index (χ4n) is 2.15. The highest BCUT2D eigenvalue weighted by molar-refractivity contribution is 9.10. The van der Waals surface area contributed by atoms with Crippen molar-refractivity contribution in [1.29, 1.82) is 0 Å². The summed E-state index contributed by atoms with van der Waals surface area (Å²) in [6, 6.07) is 6.83. The van der Waals surface area contributed by atoms with Gasteiger partial charge in [0.2, 0.25) is 0 Å². The van der Waals surface area contributed by atoms with Gasteiger partial charge in [-0.3, -0.25) is 0 Å². The van der Waals surface area contributed by atoms with Crippen LogP contribution in [0.4, 0.5) is 0 Å². The quantitative estimate of drug-likeness (QED) is 0.777. The lowest BCUT2D eigenvalue weighted by Gasteiger charge is -2.15. The third-order valence-electron chi connectivity index (χ3n) is 3.24. The molecule has 0 aliphatic carbocycles. The van der Waals surface area contributed by atoms with Crippen LogP contribution in [0.1, 0.15) is 38.7 Å². The van der Waals surface area contributed by atoms with Gasteiger partial charge < -0.3 is 10.1 Å². The molecule has 0 radical (unpaired) electrons. The molecule has 3 heteroatoms. The predicted octanol–water partition coefficient (Wildman–Crippen LogP) is 4.17. The first-order valence-corrected chi connectivity index (χ1v) is 7.56. The van der Waals surface area contributed by atoms with Crippen LogP contribution in [0.3, 0.4) is 0 Å². The molecule has 0 bridgehead atoms. The predicted molar refractivity (Wildman–Crippen MR) is 81.4 cm³/mol. The molecule has 2 nitrogen and oxygen atoms in total. The number of nitrogens with one attached hydrogen (secondary N) is 1. The largest absolute Gasteiger partial charge is 0.497 e. The summed E-state index contributed by atoms with van der Waals surface area (Å²) in [5, 5.41) is 3.52. The molecule has 18 heavy (non-hydrogen) atoms. The van der Waals surface area contributed by atoms with E-state index in [-0.39, 0.29) is 0 Å². The number of methoxy groups -OCH3 is 1. The van der Waals surface area contributed by atoms with Crippen LogP contribution in [0.2, 0.25) is 0 Å². The van der Waals surface area contributed by atoms with Crippen molar-refractivity contribution in [2.24, 2.45) is 0 Å². The van der Waals surface area contributed by atoms with Crippen molar-refractivity contribution < 1.29 is 4.74 Å². The molecule has 0 amide bonds. The van der Waals surface area contributed by atoms with Gasteiger partial charge in [-0.1, -0.05) is 29.8 Å². The number of rotatable bonds is 8. The van der Waals surface area contributed by atoms with Gasteiger partial charge in [0.15, 0.2) is 0 Å². The summed E-state index contributed by atoms with van der Waals surface area (Å²) in [4.78, 5) is 0. The highest BCUT2D eigenvalue weighted by Crippen LogP contribution is 2.24. The first-order valence-electron chi connectivity index (χ1n) is 6.77. The Kier molecular flexibility index (Phi) is 7.36. The van der Waals surface area contributed by atoms with Crippen LogP contribution in [-0.2, 0) is 6.42 Å². The number of aryl methyl sites for hydroxylation is 1. The Morgan fingerprint density at radius 2 is 2.11 bits per heavy atom. The van der Waals surface area contributed by atoms with Crippen LogP contribution in [0, 0.1) is 0 Å². The molecule has 0 aliphatic heterocycles. The van der Waals surface area contributed by atoms with E-state index in [9.17, 15) is 0 Å². The second kappa shape index (κ2) is 8.54. The third-order valence-corrected chi connectivity index (χ3v) is 4.01. The maximum atomic E-state index is 5.26. The molecule has 0 aliphatic rings. The molecule has 0 heterocycles. The van der Waals surface area contributed by atoms with Gasteiger partial charge in [0.1, 0.15) is 5.75 Å². The van der Waals surface area contributed by atoms with E-state index in [2.05, 4.69) is 47.2 Å².